The molecule has 0 radical (unpaired) electrons. The van der Waals surface area contributed by atoms with Gasteiger partial charge in [-0.3, -0.25) is 10.0 Å². The topological polar surface area (TPSA) is 52.6 Å². The first-order chi connectivity index (χ1) is 11.6. The number of hydroxylamine groups is 1. The molecule has 0 bridgehead atoms. The average Bonchev–Trinajstić information content (AvgIpc) is 2.59. The minimum atomic E-state index is -0.448. The second kappa shape index (κ2) is 7.16. The number of carbonyl (C=O) groups is 1. The Morgan fingerprint density at radius 1 is 1.21 bits per heavy atom. The first-order valence-electron chi connectivity index (χ1n) is 8.36. The molecule has 2 aromatic carbocycles. The number of carbonyl (C=O) groups excluding carboxylic acids is 1. The molecule has 3 rings (SSSR count). The third kappa shape index (κ3) is 3.66. The van der Waals surface area contributed by atoms with Gasteiger partial charge in [0.15, 0.2) is 0 Å². The molecule has 0 heterocycles. The van der Waals surface area contributed by atoms with Crippen molar-refractivity contribution in [2.24, 2.45) is 0 Å². The molecule has 0 unspecified atom stereocenters. The van der Waals surface area contributed by atoms with Gasteiger partial charge in [0.1, 0.15) is 0 Å². The maximum atomic E-state index is 11.5. The van der Waals surface area contributed by atoms with Crippen LogP contribution in [0.3, 0.4) is 0 Å². The molecule has 2 N–H and O–H groups in total. The monoisotopic (exact) mass is 324 g/mol. The molecule has 0 aliphatic heterocycles. The zero-order valence-electron chi connectivity index (χ0n) is 14.2. The molecule has 1 aliphatic carbocycles. The maximum absolute atomic E-state index is 11.5. The number of aryl methyl sites for hydroxylation is 1. The van der Waals surface area contributed by atoms with Gasteiger partial charge in [-0.15, -0.1) is 0 Å². The highest BCUT2D eigenvalue weighted by molar-refractivity contribution is 5.93. The van der Waals surface area contributed by atoms with Crippen LogP contribution in [0, 0.1) is 0 Å². The SMILES string of the molecule is CN(C)Cc1cccc([C@H]2CCc3cc(C(=O)NO)ccc3C2)c1. The van der Waals surface area contributed by atoms with Crippen LogP contribution in [0.25, 0.3) is 0 Å². The van der Waals surface area contributed by atoms with Gasteiger partial charge >= 0.3 is 0 Å². The van der Waals surface area contributed by atoms with Gasteiger partial charge in [0, 0.05) is 12.1 Å². The molecule has 2 aromatic rings. The van der Waals surface area contributed by atoms with E-state index in [0.717, 1.165) is 25.8 Å². The van der Waals surface area contributed by atoms with E-state index in [4.69, 9.17) is 5.21 Å². The minimum absolute atomic E-state index is 0.448. The molecule has 1 atom stereocenters. The molecule has 0 saturated carbocycles. The summed E-state index contributed by atoms with van der Waals surface area (Å²) in [7, 11) is 4.17. The summed E-state index contributed by atoms with van der Waals surface area (Å²) in [6, 6.07) is 14.6. The quantitative estimate of drug-likeness (QED) is 0.671. The van der Waals surface area contributed by atoms with E-state index in [0.29, 0.717) is 11.5 Å². The van der Waals surface area contributed by atoms with Crippen LogP contribution in [-0.4, -0.2) is 30.1 Å². The number of nitrogens with one attached hydrogen (secondary N) is 1. The smallest absolute Gasteiger partial charge is 0.274 e. The lowest BCUT2D eigenvalue weighted by Crippen LogP contribution is -2.20. The molecule has 0 fully saturated rings. The van der Waals surface area contributed by atoms with Gasteiger partial charge in [0.25, 0.3) is 5.91 Å². The van der Waals surface area contributed by atoms with Gasteiger partial charge in [-0.05, 0) is 73.7 Å². The minimum Gasteiger partial charge on any atom is -0.305 e. The molecular weight excluding hydrogens is 300 g/mol. The van der Waals surface area contributed by atoms with Crippen LogP contribution in [0.2, 0.25) is 0 Å². The average molecular weight is 324 g/mol. The van der Waals surface area contributed by atoms with Gasteiger partial charge in [-0.2, -0.15) is 0 Å². The third-order valence-corrected chi connectivity index (χ3v) is 4.72. The van der Waals surface area contributed by atoms with Crippen LogP contribution in [0.5, 0.6) is 0 Å². The summed E-state index contributed by atoms with van der Waals surface area (Å²) in [6.07, 6.45) is 3.05. The summed E-state index contributed by atoms with van der Waals surface area (Å²) in [5, 5.41) is 8.77. The fraction of sp³-hybridized carbons (Fsp3) is 0.350. The zero-order chi connectivity index (χ0) is 17.1. The molecule has 4 heteroatoms. The lowest BCUT2D eigenvalue weighted by Gasteiger charge is -2.26. The van der Waals surface area contributed by atoms with Gasteiger partial charge in [0.05, 0.1) is 0 Å². The Kier molecular flexibility index (Phi) is 4.97. The van der Waals surface area contributed by atoms with Crippen molar-refractivity contribution in [3.63, 3.8) is 0 Å². The van der Waals surface area contributed by atoms with Gasteiger partial charge in [-0.1, -0.05) is 30.3 Å². The van der Waals surface area contributed by atoms with Crippen molar-refractivity contribution in [2.75, 3.05) is 14.1 Å². The molecule has 0 spiro atoms. The van der Waals surface area contributed by atoms with E-state index in [1.807, 2.05) is 12.1 Å². The Bertz CT molecular complexity index is 740. The van der Waals surface area contributed by atoms with E-state index in [1.165, 1.54) is 22.3 Å². The lowest BCUT2D eigenvalue weighted by atomic mass is 9.79. The van der Waals surface area contributed by atoms with E-state index in [1.54, 1.807) is 11.5 Å². The van der Waals surface area contributed by atoms with Crippen molar-refractivity contribution in [1.29, 1.82) is 0 Å². The van der Waals surface area contributed by atoms with Gasteiger partial charge in [-0.25, -0.2) is 5.48 Å². The number of hydrogen-bond acceptors (Lipinski definition) is 3. The first kappa shape index (κ1) is 16.7. The molecule has 24 heavy (non-hydrogen) atoms. The third-order valence-electron chi connectivity index (χ3n) is 4.72. The number of benzene rings is 2. The molecule has 126 valence electrons. The highest BCUT2D eigenvalue weighted by Gasteiger charge is 2.21. The fourth-order valence-electron chi connectivity index (χ4n) is 3.56. The summed E-state index contributed by atoms with van der Waals surface area (Å²) < 4.78 is 0. The van der Waals surface area contributed by atoms with Crippen LogP contribution in [0.4, 0.5) is 0 Å². The number of amides is 1. The first-order valence-corrected chi connectivity index (χ1v) is 8.36. The van der Waals surface area contributed by atoms with Crippen molar-refractivity contribution in [1.82, 2.24) is 10.4 Å². The van der Waals surface area contributed by atoms with E-state index in [9.17, 15) is 4.79 Å². The van der Waals surface area contributed by atoms with E-state index >= 15 is 0 Å². The number of nitrogens with zero attached hydrogens (tertiary/aromatic N) is 1. The Hall–Kier alpha value is -2.17. The maximum Gasteiger partial charge on any atom is 0.274 e. The summed E-state index contributed by atoms with van der Waals surface area (Å²) in [5.41, 5.74) is 7.49. The van der Waals surface area contributed by atoms with Gasteiger partial charge < -0.3 is 4.90 Å². The second-order valence-electron chi connectivity index (χ2n) is 6.85. The van der Waals surface area contributed by atoms with Crippen molar-refractivity contribution < 1.29 is 10.0 Å². The van der Waals surface area contributed by atoms with Crippen LogP contribution in [0.15, 0.2) is 42.5 Å². The van der Waals surface area contributed by atoms with Crippen molar-refractivity contribution in [3.05, 3.63) is 70.3 Å². The van der Waals surface area contributed by atoms with Crippen molar-refractivity contribution in [3.8, 4) is 0 Å². The Labute approximate surface area is 143 Å². The predicted octanol–water partition coefficient (Wildman–Crippen LogP) is 3.14. The number of rotatable bonds is 4. The van der Waals surface area contributed by atoms with Crippen LogP contribution < -0.4 is 5.48 Å². The molecule has 4 nitrogen and oxygen atoms in total. The van der Waals surface area contributed by atoms with E-state index in [-0.39, 0.29) is 0 Å². The predicted molar refractivity (Wildman–Crippen MR) is 94.3 cm³/mol. The summed E-state index contributed by atoms with van der Waals surface area (Å²) in [6.45, 7) is 0.955. The largest absolute Gasteiger partial charge is 0.305 e. The van der Waals surface area contributed by atoms with E-state index in [2.05, 4.69) is 43.3 Å². The Morgan fingerprint density at radius 2 is 2.04 bits per heavy atom. The van der Waals surface area contributed by atoms with Gasteiger partial charge in [0.2, 0.25) is 0 Å². The normalized spacial score (nSPS) is 16.8. The summed E-state index contributed by atoms with van der Waals surface area (Å²) >= 11 is 0. The highest BCUT2D eigenvalue weighted by Crippen LogP contribution is 2.33. The van der Waals surface area contributed by atoms with Crippen LogP contribution in [-0.2, 0) is 19.4 Å². The van der Waals surface area contributed by atoms with Crippen LogP contribution >= 0.6 is 0 Å². The Morgan fingerprint density at radius 3 is 2.79 bits per heavy atom. The summed E-state index contributed by atoms with van der Waals surface area (Å²) in [5.74, 6) is 0.0773. The number of fused-ring (bicyclic) bond motifs is 1. The zero-order valence-corrected chi connectivity index (χ0v) is 14.2. The number of hydrogen-bond donors (Lipinski definition) is 2. The molecule has 1 amide bonds. The highest BCUT2D eigenvalue weighted by atomic mass is 16.5. The fourth-order valence-corrected chi connectivity index (χ4v) is 3.56. The molecule has 0 saturated heterocycles. The second-order valence-corrected chi connectivity index (χ2v) is 6.85. The van der Waals surface area contributed by atoms with E-state index < -0.39 is 5.91 Å². The standard InChI is InChI=1S/C20H24N2O2/c1-22(2)13-14-4-3-5-15(10-14)16-6-7-18-12-19(20(23)21-24)9-8-17(18)11-16/h3-5,8-10,12,16,24H,6-7,11,13H2,1-2H3,(H,21,23)/t16-/m0/s1. The lowest BCUT2D eigenvalue weighted by molar-refractivity contribution is 0.0706. The molecular formula is C20H24N2O2. The Balaban J connectivity index is 1.79. The molecule has 0 aromatic heterocycles. The van der Waals surface area contributed by atoms with Crippen molar-refractivity contribution >= 4 is 5.91 Å². The molecule has 1 aliphatic rings. The van der Waals surface area contributed by atoms with Crippen molar-refractivity contribution in [2.45, 2.75) is 31.7 Å². The summed E-state index contributed by atoms with van der Waals surface area (Å²) in [4.78, 5) is 13.7. The van der Waals surface area contributed by atoms with Crippen LogP contribution in [0.1, 0.15) is 45.0 Å².